The van der Waals surface area contributed by atoms with Gasteiger partial charge in [0, 0.05) is 0 Å². The summed E-state index contributed by atoms with van der Waals surface area (Å²) in [4.78, 5) is 18.4. The molecular weight excluding hydrogens is 200 g/mol. The van der Waals surface area contributed by atoms with Crippen molar-refractivity contribution in [2.75, 3.05) is 0 Å². The number of carboxylic acid groups (broad SMARTS) is 1. The summed E-state index contributed by atoms with van der Waals surface area (Å²) in [6.45, 7) is 1.97. The molecule has 0 aliphatic rings. The number of imidazole rings is 1. The standard InChI is InChI=1S/C9H8N2O2S/c1-5-2-3-14-7(5)8-10-4-6(11-8)9(12)13/h2-4H,1H3,(H,10,11)(H,12,13). The largest absolute Gasteiger partial charge is 0.477 e. The predicted molar refractivity (Wildman–Crippen MR) is 53.6 cm³/mol. The van der Waals surface area contributed by atoms with Crippen LogP contribution in [0.25, 0.3) is 10.7 Å². The summed E-state index contributed by atoms with van der Waals surface area (Å²) in [7, 11) is 0. The summed E-state index contributed by atoms with van der Waals surface area (Å²) < 4.78 is 0. The average Bonchev–Trinajstić information content (AvgIpc) is 2.71. The van der Waals surface area contributed by atoms with Gasteiger partial charge in [0.1, 0.15) is 11.5 Å². The molecule has 0 saturated heterocycles. The van der Waals surface area contributed by atoms with Crippen molar-refractivity contribution < 1.29 is 9.90 Å². The van der Waals surface area contributed by atoms with Crippen molar-refractivity contribution in [1.29, 1.82) is 0 Å². The van der Waals surface area contributed by atoms with E-state index < -0.39 is 5.97 Å². The molecule has 0 saturated carbocycles. The van der Waals surface area contributed by atoms with Crippen LogP contribution in [-0.2, 0) is 0 Å². The van der Waals surface area contributed by atoms with Crippen LogP contribution in [0.15, 0.2) is 17.6 Å². The molecule has 2 heterocycles. The Morgan fingerprint density at radius 1 is 1.64 bits per heavy atom. The Balaban J connectivity index is 2.43. The SMILES string of the molecule is Cc1ccsc1-c1ncc(C(=O)O)[nH]1. The lowest BCUT2D eigenvalue weighted by Crippen LogP contribution is -1.95. The van der Waals surface area contributed by atoms with E-state index >= 15 is 0 Å². The topological polar surface area (TPSA) is 66.0 Å². The molecule has 0 aliphatic heterocycles. The van der Waals surface area contributed by atoms with Crippen LogP contribution in [0.3, 0.4) is 0 Å². The van der Waals surface area contributed by atoms with E-state index in [2.05, 4.69) is 9.97 Å². The van der Waals surface area contributed by atoms with Crippen molar-refractivity contribution in [2.45, 2.75) is 6.92 Å². The molecule has 0 radical (unpaired) electrons. The van der Waals surface area contributed by atoms with Crippen molar-refractivity contribution in [3.8, 4) is 10.7 Å². The summed E-state index contributed by atoms with van der Waals surface area (Å²) in [6.07, 6.45) is 1.33. The summed E-state index contributed by atoms with van der Waals surface area (Å²) in [6, 6.07) is 1.98. The smallest absolute Gasteiger partial charge is 0.353 e. The minimum absolute atomic E-state index is 0.118. The number of aryl methyl sites for hydroxylation is 1. The van der Waals surface area contributed by atoms with Gasteiger partial charge in [0.15, 0.2) is 0 Å². The molecule has 2 aromatic heterocycles. The highest BCUT2D eigenvalue weighted by Gasteiger charge is 2.10. The third-order valence-electron chi connectivity index (χ3n) is 1.88. The van der Waals surface area contributed by atoms with Gasteiger partial charge in [0.25, 0.3) is 0 Å². The van der Waals surface area contributed by atoms with Crippen molar-refractivity contribution in [1.82, 2.24) is 9.97 Å². The maximum atomic E-state index is 10.6. The van der Waals surface area contributed by atoms with E-state index in [-0.39, 0.29) is 5.69 Å². The molecule has 0 aliphatic carbocycles. The number of H-pyrrole nitrogens is 1. The fourth-order valence-electron chi connectivity index (χ4n) is 1.16. The first-order valence-electron chi connectivity index (χ1n) is 4.01. The summed E-state index contributed by atoms with van der Waals surface area (Å²) in [5.41, 5.74) is 1.22. The number of aromatic amines is 1. The zero-order valence-corrected chi connectivity index (χ0v) is 8.26. The van der Waals surface area contributed by atoms with Crippen LogP contribution in [0.2, 0.25) is 0 Å². The molecule has 0 spiro atoms. The minimum Gasteiger partial charge on any atom is -0.477 e. The Hall–Kier alpha value is -1.62. The van der Waals surface area contributed by atoms with Crippen LogP contribution in [0.1, 0.15) is 16.1 Å². The van der Waals surface area contributed by atoms with E-state index in [9.17, 15) is 4.79 Å². The van der Waals surface area contributed by atoms with Crippen molar-refractivity contribution >= 4 is 17.3 Å². The van der Waals surface area contributed by atoms with Gasteiger partial charge in [-0.3, -0.25) is 0 Å². The quantitative estimate of drug-likeness (QED) is 0.794. The van der Waals surface area contributed by atoms with Gasteiger partial charge in [0.2, 0.25) is 0 Å². The number of carbonyl (C=O) groups is 1. The van der Waals surface area contributed by atoms with E-state index in [0.29, 0.717) is 5.82 Å². The molecule has 14 heavy (non-hydrogen) atoms. The van der Waals surface area contributed by atoms with Crippen LogP contribution in [0.4, 0.5) is 0 Å². The molecule has 5 heteroatoms. The summed E-state index contributed by atoms with van der Waals surface area (Å²) in [5, 5.41) is 10.6. The zero-order chi connectivity index (χ0) is 10.1. The second kappa shape index (κ2) is 3.26. The second-order valence-corrected chi connectivity index (χ2v) is 3.80. The number of carboxylic acids is 1. The molecule has 0 bridgehead atoms. The molecule has 0 unspecified atom stereocenters. The first-order chi connectivity index (χ1) is 6.68. The maximum Gasteiger partial charge on any atom is 0.353 e. The molecule has 0 aromatic carbocycles. The van der Waals surface area contributed by atoms with Gasteiger partial charge in [-0.15, -0.1) is 11.3 Å². The first-order valence-corrected chi connectivity index (χ1v) is 4.89. The predicted octanol–water partition coefficient (Wildman–Crippen LogP) is 2.14. The molecule has 2 aromatic rings. The lowest BCUT2D eigenvalue weighted by atomic mass is 10.3. The highest BCUT2D eigenvalue weighted by Crippen LogP contribution is 2.26. The Kier molecular flexibility index (Phi) is 2.09. The summed E-state index contributed by atoms with van der Waals surface area (Å²) >= 11 is 1.54. The molecule has 4 nitrogen and oxygen atoms in total. The number of hydrogen-bond acceptors (Lipinski definition) is 3. The van der Waals surface area contributed by atoms with Crippen LogP contribution < -0.4 is 0 Å². The summed E-state index contributed by atoms with van der Waals surface area (Å²) in [5.74, 6) is -0.368. The molecule has 2 N–H and O–H groups in total. The van der Waals surface area contributed by atoms with Gasteiger partial charge in [-0.25, -0.2) is 9.78 Å². The number of aromatic nitrogens is 2. The van der Waals surface area contributed by atoms with Gasteiger partial charge in [-0.1, -0.05) is 0 Å². The lowest BCUT2D eigenvalue weighted by molar-refractivity contribution is 0.0691. The van der Waals surface area contributed by atoms with Gasteiger partial charge in [-0.05, 0) is 23.9 Å². The Morgan fingerprint density at radius 3 is 2.93 bits per heavy atom. The van der Waals surface area contributed by atoms with Crippen LogP contribution in [-0.4, -0.2) is 21.0 Å². The van der Waals surface area contributed by atoms with Crippen molar-refractivity contribution in [3.05, 3.63) is 28.9 Å². The second-order valence-electron chi connectivity index (χ2n) is 2.88. The Labute approximate surface area is 84.2 Å². The van der Waals surface area contributed by atoms with E-state index in [1.54, 1.807) is 11.3 Å². The number of aromatic carboxylic acids is 1. The maximum absolute atomic E-state index is 10.6. The molecular formula is C9H8N2O2S. The van der Waals surface area contributed by atoms with Crippen LogP contribution >= 0.6 is 11.3 Å². The van der Waals surface area contributed by atoms with Crippen molar-refractivity contribution in [2.24, 2.45) is 0 Å². The highest BCUT2D eigenvalue weighted by atomic mass is 32.1. The number of thiophene rings is 1. The monoisotopic (exact) mass is 208 g/mol. The van der Waals surface area contributed by atoms with Crippen LogP contribution in [0, 0.1) is 6.92 Å². The number of hydrogen-bond donors (Lipinski definition) is 2. The van der Waals surface area contributed by atoms with Crippen molar-refractivity contribution in [3.63, 3.8) is 0 Å². The van der Waals surface area contributed by atoms with Gasteiger partial charge in [0.05, 0.1) is 11.1 Å². The fraction of sp³-hybridized carbons (Fsp3) is 0.111. The minimum atomic E-state index is -0.988. The highest BCUT2D eigenvalue weighted by molar-refractivity contribution is 7.13. The molecule has 0 atom stereocenters. The lowest BCUT2D eigenvalue weighted by Gasteiger charge is -1.92. The van der Waals surface area contributed by atoms with Gasteiger partial charge in [-0.2, -0.15) is 0 Å². The van der Waals surface area contributed by atoms with Gasteiger partial charge < -0.3 is 10.1 Å². The molecule has 72 valence electrons. The molecule has 0 fully saturated rings. The van der Waals surface area contributed by atoms with E-state index in [1.165, 1.54) is 6.20 Å². The normalized spacial score (nSPS) is 10.4. The van der Waals surface area contributed by atoms with Gasteiger partial charge >= 0.3 is 5.97 Å². The number of nitrogens with zero attached hydrogens (tertiary/aromatic N) is 1. The zero-order valence-electron chi connectivity index (χ0n) is 7.44. The first kappa shape index (κ1) is 8.96. The number of rotatable bonds is 2. The van der Waals surface area contributed by atoms with E-state index in [1.807, 2.05) is 18.4 Å². The third-order valence-corrected chi connectivity index (χ3v) is 2.91. The Bertz CT molecular complexity index is 473. The molecule has 0 amide bonds. The van der Waals surface area contributed by atoms with E-state index in [0.717, 1.165) is 10.4 Å². The fourth-order valence-corrected chi connectivity index (χ4v) is 2.04. The van der Waals surface area contributed by atoms with Crippen LogP contribution in [0.5, 0.6) is 0 Å². The number of nitrogens with one attached hydrogen (secondary N) is 1. The van der Waals surface area contributed by atoms with E-state index in [4.69, 9.17) is 5.11 Å². The molecule has 2 rings (SSSR count). The Morgan fingerprint density at radius 2 is 2.43 bits per heavy atom. The average molecular weight is 208 g/mol. The third kappa shape index (κ3) is 1.42.